The summed E-state index contributed by atoms with van der Waals surface area (Å²) in [4.78, 5) is 14.7. The van der Waals surface area contributed by atoms with Crippen molar-refractivity contribution >= 4 is 17.3 Å². The van der Waals surface area contributed by atoms with Crippen LogP contribution >= 0.6 is 0 Å². The van der Waals surface area contributed by atoms with Gasteiger partial charge in [-0.2, -0.15) is 0 Å². The summed E-state index contributed by atoms with van der Waals surface area (Å²) in [5, 5.41) is 3.02. The predicted octanol–water partition coefficient (Wildman–Crippen LogP) is 2.85. The van der Waals surface area contributed by atoms with Gasteiger partial charge in [0.05, 0.1) is 5.41 Å². The van der Waals surface area contributed by atoms with Crippen LogP contribution in [0.25, 0.3) is 0 Å². The average Bonchev–Trinajstić information content (AvgIpc) is 2.46. The first kappa shape index (κ1) is 15.8. The molecule has 1 aliphatic carbocycles. The molecule has 0 aliphatic heterocycles. The summed E-state index contributed by atoms with van der Waals surface area (Å²) < 4.78 is 0. The summed E-state index contributed by atoms with van der Waals surface area (Å²) in [6, 6.07) is 8.05. The fourth-order valence-electron chi connectivity index (χ4n) is 3.33. The molecule has 0 radical (unpaired) electrons. The van der Waals surface area contributed by atoms with E-state index in [0.29, 0.717) is 12.5 Å². The van der Waals surface area contributed by atoms with E-state index >= 15 is 0 Å². The van der Waals surface area contributed by atoms with Crippen molar-refractivity contribution in [1.82, 2.24) is 0 Å². The first-order valence-electron chi connectivity index (χ1n) is 7.91. The Labute approximate surface area is 127 Å². The number of hydrogen-bond donors (Lipinski definition) is 2. The van der Waals surface area contributed by atoms with Crippen LogP contribution in [0.2, 0.25) is 0 Å². The monoisotopic (exact) mass is 289 g/mol. The van der Waals surface area contributed by atoms with Gasteiger partial charge < -0.3 is 16.0 Å². The fraction of sp³-hybridized carbons (Fsp3) is 0.588. The molecule has 0 saturated heterocycles. The highest BCUT2D eigenvalue weighted by molar-refractivity contribution is 5.96. The molecule has 1 saturated carbocycles. The summed E-state index contributed by atoms with van der Waals surface area (Å²) >= 11 is 0. The number of hydrogen-bond acceptors (Lipinski definition) is 3. The van der Waals surface area contributed by atoms with Crippen molar-refractivity contribution in [3.63, 3.8) is 0 Å². The lowest BCUT2D eigenvalue weighted by atomic mass is 9.62. The van der Waals surface area contributed by atoms with E-state index in [1.165, 1.54) is 5.69 Å². The third-order valence-corrected chi connectivity index (χ3v) is 4.60. The fourth-order valence-corrected chi connectivity index (χ4v) is 3.33. The molecule has 1 aromatic carbocycles. The van der Waals surface area contributed by atoms with Crippen LogP contribution in [-0.4, -0.2) is 25.5 Å². The van der Waals surface area contributed by atoms with Gasteiger partial charge in [0, 0.05) is 31.0 Å². The molecule has 2 rings (SSSR count). The number of anilines is 2. The smallest absolute Gasteiger partial charge is 0.231 e. The lowest BCUT2D eigenvalue weighted by Crippen LogP contribution is -2.51. The summed E-state index contributed by atoms with van der Waals surface area (Å²) in [6.07, 6.45) is 1.79. The predicted molar refractivity (Wildman–Crippen MR) is 88.5 cm³/mol. The van der Waals surface area contributed by atoms with Gasteiger partial charge in [0.25, 0.3) is 0 Å². The molecule has 1 aromatic rings. The van der Waals surface area contributed by atoms with Gasteiger partial charge in [-0.25, -0.2) is 0 Å². The van der Waals surface area contributed by atoms with Gasteiger partial charge in [-0.1, -0.05) is 6.92 Å². The highest BCUT2D eigenvalue weighted by Crippen LogP contribution is 2.45. The van der Waals surface area contributed by atoms with Crippen LogP contribution in [0.3, 0.4) is 0 Å². The maximum atomic E-state index is 12.4. The van der Waals surface area contributed by atoms with Crippen LogP contribution in [0, 0.1) is 11.3 Å². The van der Waals surface area contributed by atoms with Crippen LogP contribution in [0.1, 0.15) is 33.6 Å². The maximum absolute atomic E-state index is 12.4. The number of nitrogens with one attached hydrogen (secondary N) is 1. The van der Waals surface area contributed by atoms with Gasteiger partial charge >= 0.3 is 0 Å². The Morgan fingerprint density at radius 3 is 2.29 bits per heavy atom. The second kappa shape index (κ2) is 6.48. The largest absolute Gasteiger partial charge is 0.372 e. The molecule has 0 unspecified atom stereocenters. The molecule has 0 heterocycles. The van der Waals surface area contributed by atoms with Crippen molar-refractivity contribution in [2.24, 2.45) is 17.1 Å². The Morgan fingerprint density at radius 1 is 1.29 bits per heavy atom. The second-order valence-corrected chi connectivity index (χ2v) is 6.17. The molecule has 3 N–H and O–H groups in total. The van der Waals surface area contributed by atoms with E-state index in [1.54, 1.807) is 0 Å². The summed E-state index contributed by atoms with van der Waals surface area (Å²) in [5.74, 6) is 0.669. The summed E-state index contributed by atoms with van der Waals surface area (Å²) in [6.45, 7) is 8.84. The van der Waals surface area contributed by atoms with E-state index in [1.807, 2.05) is 12.1 Å². The summed E-state index contributed by atoms with van der Waals surface area (Å²) in [7, 11) is 0. The van der Waals surface area contributed by atoms with Crippen LogP contribution in [0.15, 0.2) is 24.3 Å². The zero-order chi connectivity index (χ0) is 15.5. The molecule has 1 amide bonds. The highest BCUT2D eigenvalue weighted by Gasteiger charge is 2.47. The van der Waals surface area contributed by atoms with Gasteiger partial charge in [-0.3, -0.25) is 4.79 Å². The number of rotatable bonds is 6. The molecule has 1 fully saturated rings. The number of carbonyl (C=O) groups is 1. The van der Waals surface area contributed by atoms with E-state index in [0.717, 1.165) is 31.6 Å². The first-order chi connectivity index (χ1) is 10.0. The van der Waals surface area contributed by atoms with E-state index in [9.17, 15) is 4.79 Å². The maximum Gasteiger partial charge on any atom is 0.231 e. The zero-order valence-corrected chi connectivity index (χ0v) is 13.4. The van der Waals surface area contributed by atoms with Crippen molar-refractivity contribution < 1.29 is 4.79 Å². The SMILES string of the molecule is CCN(CC)c1ccc(NC(=O)C2(CN)CC(C)C2)cc1. The zero-order valence-electron chi connectivity index (χ0n) is 13.4. The summed E-state index contributed by atoms with van der Waals surface area (Å²) in [5.41, 5.74) is 7.50. The van der Waals surface area contributed by atoms with Gasteiger partial charge in [0.15, 0.2) is 0 Å². The van der Waals surface area contributed by atoms with Gasteiger partial charge in [0.1, 0.15) is 0 Å². The minimum Gasteiger partial charge on any atom is -0.372 e. The lowest BCUT2D eigenvalue weighted by Gasteiger charge is -2.44. The van der Waals surface area contributed by atoms with Gasteiger partial charge in [0.2, 0.25) is 5.91 Å². The van der Waals surface area contributed by atoms with Crippen molar-refractivity contribution in [2.75, 3.05) is 29.9 Å². The second-order valence-electron chi connectivity index (χ2n) is 6.17. The normalized spacial score (nSPS) is 24.3. The van der Waals surface area contributed by atoms with E-state index in [4.69, 9.17) is 5.73 Å². The molecule has 4 nitrogen and oxygen atoms in total. The molecule has 0 spiro atoms. The van der Waals surface area contributed by atoms with E-state index in [2.05, 4.69) is 43.1 Å². The Bertz CT molecular complexity index is 473. The molecule has 0 atom stereocenters. The molecule has 1 aliphatic rings. The van der Waals surface area contributed by atoms with E-state index < -0.39 is 0 Å². The number of benzene rings is 1. The van der Waals surface area contributed by atoms with Crippen molar-refractivity contribution in [3.8, 4) is 0 Å². The Hall–Kier alpha value is -1.55. The van der Waals surface area contributed by atoms with Crippen LogP contribution < -0.4 is 16.0 Å². The Balaban J connectivity index is 2.02. The number of nitrogens with zero attached hydrogens (tertiary/aromatic N) is 1. The molecular formula is C17H27N3O. The van der Waals surface area contributed by atoms with Crippen LogP contribution in [0.4, 0.5) is 11.4 Å². The minimum absolute atomic E-state index is 0.0682. The molecule has 0 bridgehead atoms. The van der Waals surface area contributed by atoms with Gasteiger partial charge in [-0.15, -0.1) is 0 Å². The minimum atomic E-state index is -0.350. The van der Waals surface area contributed by atoms with Crippen molar-refractivity contribution in [1.29, 1.82) is 0 Å². The van der Waals surface area contributed by atoms with Crippen molar-refractivity contribution in [3.05, 3.63) is 24.3 Å². The lowest BCUT2D eigenvalue weighted by molar-refractivity contribution is -0.132. The topological polar surface area (TPSA) is 58.4 Å². The highest BCUT2D eigenvalue weighted by atomic mass is 16.2. The van der Waals surface area contributed by atoms with E-state index in [-0.39, 0.29) is 11.3 Å². The first-order valence-corrected chi connectivity index (χ1v) is 7.91. The third-order valence-electron chi connectivity index (χ3n) is 4.60. The Kier molecular flexibility index (Phi) is 4.88. The van der Waals surface area contributed by atoms with Crippen LogP contribution in [-0.2, 0) is 4.79 Å². The molecule has 4 heteroatoms. The van der Waals surface area contributed by atoms with Crippen LogP contribution in [0.5, 0.6) is 0 Å². The number of carbonyl (C=O) groups excluding carboxylic acids is 1. The van der Waals surface area contributed by atoms with Gasteiger partial charge in [-0.05, 0) is 56.9 Å². The number of nitrogens with two attached hydrogens (primary N) is 1. The average molecular weight is 289 g/mol. The quantitative estimate of drug-likeness (QED) is 0.846. The standard InChI is InChI=1S/C17H27N3O/c1-4-20(5-2)15-8-6-14(7-9-15)19-16(21)17(12-18)10-13(3)11-17/h6-9,13H,4-5,10-12,18H2,1-3H3,(H,19,21). The third kappa shape index (κ3) is 3.21. The number of amides is 1. The molecule has 116 valence electrons. The molecule has 0 aromatic heterocycles. The Morgan fingerprint density at radius 2 is 1.86 bits per heavy atom. The van der Waals surface area contributed by atoms with Crippen molar-refractivity contribution in [2.45, 2.75) is 33.6 Å². The molecular weight excluding hydrogens is 262 g/mol. The molecule has 21 heavy (non-hydrogen) atoms.